The van der Waals surface area contributed by atoms with Crippen molar-refractivity contribution in [3.8, 4) is 0 Å². The largest absolute Gasteiger partial charge is 0.316 e. The molecule has 106 valence electrons. The van der Waals surface area contributed by atoms with E-state index in [2.05, 4.69) is 5.32 Å². The Labute approximate surface area is 118 Å². The quantitative estimate of drug-likeness (QED) is 0.878. The molecule has 20 heavy (non-hydrogen) atoms. The van der Waals surface area contributed by atoms with Crippen LogP contribution >= 0.6 is 0 Å². The molecule has 3 heteroatoms. The van der Waals surface area contributed by atoms with Crippen molar-refractivity contribution in [3.05, 3.63) is 70.8 Å². The first kappa shape index (κ1) is 14.7. The van der Waals surface area contributed by atoms with Crippen molar-refractivity contribution in [1.82, 2.24) is 5.32 Å². The van der Waals surface area contributed by atoms with E-state index >= 15 is 0 Å². The van der Waals surface area contributed by atoms with Gasteiger partial charge in [-0.15, -0.1) is 0 Å². The molecule has 1 nitrogen and oxygen atoms in total. The Kier molecular flexibility index (Phi) is 4.85. The van der Waals surface area contributed by atoms with Gasteiger partial charge in [-0.25, -0.2) is 8.78 Å². The summed E-state index contributed by atoms with van der Waals surface area (Å²) in [7, 11) is 1.89. The van der Waals surface area contributed by atoms with Crippen molar-refractivity contribution in [2.75, 3.05) is 7.05 Å². The molecule has 0 radical (unpaired) electrons. The highest BCUT2D eigenvalue weighted by molar-refractivity contribution is 5.28. The molecule has 0 aliphatic rings. The van der Waals surface area contributed by atoms with E-state index < -0.39 is 0 Å². The van der Waals surface area contributed by atoms with E-state index in [1.165, 1.54) is 12.1 Å². The van der Waals surface area contributed by atoms with Crippen LogP contribution < -0.4 is 5.32 Å². The predicted molar refractivity (Wildman–Crippen MR) is 77.8 cm³/mol. The summed E-state index contributed by atoms with van der Waals surface area (Å²) in [6.45, 7) is 1.91. The fourth-order valence-corrected chi connectivity index (χ4v) is 2.38. The molecule has 2 aromatic carbocycles. The van der Waals surface area contributed by atoms with Gasteiger partial charge in [-0.05, 0) is 67.8 Å². The summed E-state index contributed by atoms with van der Waals surface area (Å²) in [4.78, 5) is 0. The molecule has 2 aromatic rings. The summed E-state index contributed by atoms with van der Waals surface area (Å²) < 4.78 is 26.3. The zero-order valence-electron chi connectivity index (χ0n) is 11.8. The van der Waals surface area contributed by atoms with Gasteiger partial charge in [-0.1, -0.05) is 18.2 Å². The van der Waals surface area contributed by atoms with Crippen molar-refractivity contribution in [2.24, 2.45) is 0 Å². The van der Waals surface area contributed by atoms with E-state index in [0.717, 1.165) is 29.5 Å². The summed E-state index contributed by atoms with van der Waals surface area (Å²) in [5, 5.41) is 3.24. The fraction of sp³-hybridized carbons (Fsp3) is 0.294. The van der Waals surface area contributed by atoms with E-state index in [4.69, 9.17) is 0 Å². The topological polar surface area (TPSA) is 12.0 Å². The van der Waals surface area contributed by atoms with Gasteiger partial charge in [0.1, 0.15) is 11.6 Å². The molecule has 0 bridgehead atoms. The third-order valence-electron chi connectivity index (χ3n) is 3.55. The van der Waals surface area contributed by atoms with Gasteiger partial charge in [0.25, 0.3) is 0 Å². The van der Waals surface area contributed by atoms with Crippen LogP contribution in [0.4, 0.5) is 8.78 Å². The van der Waals surface area contributed by atoms with E-state index in [0.29, 0.717) is 0 Å². The second-order valence-corrected chi connectivity index (χ2v) is 5.09. The lowest BCUT2D eigenvalue weighted by Gasteiger charge is -2.18. The molecule has 2 rings (SSSR count). The lowest BCUT2D eigenvalue weighted by atomic mass is 9.96. The summed E-state index contributed by atoms with van der Waals surface area (Å²) in [6, 6.07) is 11.7. The Balaban J connectivity index is 2.09. The Morgan fingerprint density at radius 1 is 1.00 bits per heavy atom. The molecule has 0 heterocycles. The standard InChI is InChI=1S/C17H19F2N/c1-12-8-16(19)7-6-14(12)11-17(20-2)10-13-4-3-5-15(18)9-13/h3-9,17,20H,10-11H2,1-2H3. The van der Waals surface area contributed by atoms with Gasteiger partial charge in [0.05, 0.1) is 0 Å². The van der Waals surface area contributed by atoms with Crippen LogP contribution in [0.1, 0.15) is 16.7 Å². The summed E-state index contributed by atoms with van der Waals surface area (Å²) in [5.74, 6) is -0.423. The van der Waals surface area contributed by atoms with Crippen LogP contribution in [0.15, 0.2) is 42.5 Å². The molecule has 0 saturated heterocycles. The first-order chi connectivity index (χ1) is 9.58. The van der Waals surface area contributed by atoms with Crippen molar-refractivity contribution in [3.63, 3.8) is 0 Å². The van der Waals surface area contributed by atoms with Crippen LogP contribution in [0.25, 0.3) is 0 Å². The first-order valence-corrected chi connectivity index (χ1v) is 6.75. The van der Waals surface area contributed by atoms with Gasteiger partial charge in [0.15, 0.2) is 0 Å². The van der Waals surface area contributed by atoms with Gasteiger partial charge in [0.2, 0.25) is 0 Å². The van der Waals surface area contributed by atoms with Crippen LogP contribution in [-0.4, -0.2) is 13.1 Å². The maximum Gasteiger partial charge on any atom is 0.123 e. The van der Waals surface area contributed by atoms with Crippen LogP contribution in [0, 0.1) is 18.6 Å². The van der Waals surface area contributed by atoms with Crippen molar-refractivity contribution < 1.29 is 8.78 Å². The average molecular weight is 275 g/mol. The molecule has 0 spiro atoms. The molecule has 1 unspecified atom stereocenters. The molecule has 1 atom stereocenters. The minimum absolute atomic E-state index is 0.195. The number of benzene rings is 2. The molecule has 0 aliphatic heterocycles. The zero-order valence-corrected chi connectivity index (χ0v) is 11.8. The Hall–Kier alpha value is -1.74. The Morgan fingerprint density at radius 2 is 1.75 bits per heavy atom. The first-order valence-electron chi connectivity index (χ1n) is 6.75. The van der Waals surface area contributed by atoms with Crippen LogP contribution in [0.2, 0.25) is 0 Å². The molecular formula is C17H19F2N. The lowest BCUT2D eigenvalue weighted by Crippen LogP contribution is -2.30. The maximum atomic E-state index is 13.2. The summed E-state index contributed by atoms with van der Waals surface area (Å²) >= 11 is 0. The van der Waals surface area contributed by atoms with Gasteiger partial charge in [0, 0.05) is 6.04 Å². The second kappa shape index (κ2) is 6.62. The highest BCUT2D eigenvalue weighted by Gasteiger charge is 2.11. The number of hydrogen-bond acceptors (Lipinski definition) is 1. The molecule has 0 fully saturated rings. The molecule has 0 saturated carbocycles. The average Bonchev–Trinajstić information content (AvgIpc) is 2.41. The maximum absolute atomic E-state index is 13.2. The van der Waals surface area contributed by atoms with Crippen molar-refractivity contribution in [1.29, 1.82) is 0 Å². The van der Waals surface area contributed by atoms with Crippen LogP contribution in [0.3, 0.4) is 0 Å². The fourth-order valence-electron chi connectivity index (χ4n) is 2.38. The highest BCUT2D eigenvalue weighted by Crippen LogP contribution is 2.15. The van der Waals surface area contributed by atoms with E-state index in [1.807, 2.05) is 26.1 Å². The second-order valence-electron chi connectivity index (χ2n) is 5.09. The molecule has 0 amide bonds. The number of nitrogens with one attached hydrogen (secondary N) is 1. The zero-order chi connectivity index (χ0) is 14.5. The van der Waals surface area contributed by atoms with Crippen LogP contribution in [-0.2, 0) is 12.8 Å². The normalized spacial score (nSPS) is 12.4. The minimum Gasteiger partial charge on any atom is -0.316 e. The van der Waals surface area contributed by atoms with Crippen molar-refractivity contribution >= 4 is 0 Å². The van der Waals surface area contributed by atoms with Gasteiger partial charge < -0.3 is 5.32 Å². The number of hydrogen-bond donors (Lipinski definition) is 1. The van der Waals surface area contributed by atoms with E-state index in [-0.39, 0.29) is 17.7 Å². The van der Waals surface area contributed by atoms with Crippen LogP contribution in [0.5, 0.6) is 0 Å². The number of aryl methyl sites for hydroxylation is 1. The lowest BCUT2D eigenvalue weighted by molar-refractivity contribution is 0.550. The third-order valence-corrected chi connectivity index (χ3v) is 3.55. The molecule has 0 aliphatic carbocycles. The summed E-state index contributed by atoms with van der Waals surface area (Å²) in [6.07, 6.45) is 1.53. The number of halogens is 2. The summed E-state index contributed by atoms with van der Waals surface area (Å²) in [5.41, 5.74) is 3.02. The Morgan fingerprint density at radius 3 is 2.40 bits per heavy atom. The molecule has 1 N–H and O–H groups in total. The Bertz CT molecular complexity index is 581. The molecule has 0 aromatic heterocycles. The predicted octanol–water partition coefficient (Wildman–Crippen LogP) is 3.65. The third kappa shape index (κ3) is 3.87. The highest BCUT2D eigenvalue weighted by atomic mass is 19.1. The SMILES string of the molecule is CNC(Cc1cccc(F)c1)Cc1ccc(F)cc1C. The molecular weight excluding hydrogens is 256 g/mol. The number of likely N-dealkylation sites (N-methyl/N-ethyl adjacent to an activating group) is 1. The van der Waals surface area contributed by atoms with Gasteiger partial charge >= 0.3 is 0 Å². The van der Waals surface area contributed by atoms with E-state index in [9.17, 15) is 8.78 Å². The monoisotopic (exact) mass is 275 g/mol. The van der Waals surface area contributed by atoms with E-state index in [1.54, 1.807) is 18.2 Å². The smallest absolute Gasteiger partial charge is 0.123 e. The van der Waals surface area contributed by atoms with Gasteiger partial charge in [-0.3, -0.25) is 0 Å². The van der Waals surface area contributed by atoms with Crippen molar-refractivity contribution in [2.45, 2.75) is 25.8 Å². The number of rotatable bonds is 5. The van der Waals surface area contributed by atoms with Gasteiger partial charge in [-0.2, -0.15) is 0 Å². The minimum atomic E-state index is -0.213.